The third kappa shape index (κ3) is 1.93. The molecule has 3 rings (SSSR count). The van der Waals surface area contributed by atoms with Gasteiger partial charge in [0.25, 0.3) is 0 Å². The molecule has 4 heteroatoms. The normalized spacial score (nSPS) is 31.2. The minimum Gasteiger partial charge on any atom is -0.373 e. The van der Waals surface area contributed by atoms with Crippen LogP contribution in [0, 0.1) is 11.8 Å². The third-order valence-electron chi connectivity index (χ3n) is 4.71. The molecule has 2 fully saturated rings. The number of nitrogens with zero attached hydrogens (tertiary/aromatic N) is 3. The lowest BCUT2D eigenvalue weighted by Gasteiger charge is -2.28. The summed E-state index contributed by atoms with van der Waals surface area (Å²) in [5, 5.41) is 3.09. The lowest BCUT2D eigenvalue weighted by atomic mass is 9.79. The first-order valence-corrected chi connectivity index (χ1v) is 7.06. The molecule has 1 aliphatic carbocycles. The molecule has 3 unspecified atom stereocenters. The Balaban J connectivity index is 1.83. The van der Waals surface area contributed by atoms with E-state index in [0.717, 1.165) is 23.5 Å². The highest BCUT2D eigenvalue weighted by atomic mass is 15.2. The van der Waals surface area contributed by atoms with Gasteiger partial charge < -0.3 is 10.2 Å². The number of rotatable bonds is 2. The van der Waals surface area contributed by atoms with Crippen molar-refractivity contribution in [2.24, 2.45) is 11.8 Å². The van der Waals surface area contributed by atoms with Crippen LogP contribution in [0.3, 0.4) is 0 Å². The van der Waals surface area contributed by atoms with Crippen molar-refractivity contribution < 1.29 is 0 Å². The Morgan fingerprint density at radius 1 is 1.28 bits per heavy atom. The maximum Gasteiger partial charge on any atom is 0.134 e. The molecule has 0 aromatic carbocycles. The first-order valence-electron chi connectivity index (χ1n) is 7.06. The average Bonchev–Trinajstić information content (AvgIpc) is 2.77. The van der Waals surface area contributed by atoms with Crippen molar-refractivity contribution in [3.63, 3.8) is 0 Å². The summed E-state index contributed by atoms with van der Waals surface area (Å²) in [7, 11) is 1.90. The van der Waals surface area contributed by atoms with Gasteiger partial charge in [-0.05, 0) is 31.6 Å². The fourth-order valence-corrected chi connectivity index (χ4v) is 3.69. The lowest BCUT2D eigenvalue weighted by molar-refractivity contribution is 0.273. The first kappa shape index (κ1) is 11.8. The summed E-state index contributed by atoms with van der Waals surface area (Å²) in [5.74, 6) is 3.73. The molecule has 2 aliphatic rings. The Hall–Kier alpha value is -1.32. The number of aromatic nitrogens is 2. The van der Waals surface area contributed by atoms with Gasteiger partial charge in [-0.15, -0.1) is 0 Å². The van der Waals surface area contributed by atoms with Crippen molar-refractivity contribution in [3.8, 4) is 0 Å². The minimum absolute atomic E-state index is 0.620. The standard InChI is InChI=1S/C14H22N4/c1-10-12-6-4-3-5-11(12)8-18(10)14-7-13(15-2)16-9-17-14/h7,9-12H,3-6,8H2,1-2H3,(H,15,16,17). The molecule has 4 nitrogen and oxygen atoms in total. The molecule has 2 heterocycles. The van der Waals surface area contributed by atoms with E-state index in [4.69, 9.17) is 0 Å². The third-order valence-corrected chi connectivity index (χ3v) is 4.71. The monoisotopic (exact) mass is 246 g/mol. The summed E-state index contributed by atoms with van der Waals surface area (Å²) in [6.45, 7) is 3.53. The Morgan fingerprint density at radius 2 is 2.11 bits per heavy atom. The van der Waals surface area contributed by atoms with Crippen LogP contribution in [0.25, 0.3) is 0 Å². The number of nitrogens with one attached hydrogen (secondary N) is 1. The van der Waals surface area contributed by atoms with Crippen molar-refractivity contribution in [2.45, 2.75) is 38.6 Å². The molecular weight excluding hydrogens is 224 g/mol. The van der Waals surface area contributed by atoms with Crippen molar-refractivity contribution >= 4 is 11.6 Å². The van der Waals surface area contributed by atoms with Crippen LogP contribution in [0.1, 0.15) is 32.6 Å². The molecule has 0 spiro atoms. The van der Waals surface area contributed by atoms with E-state index in [9.17, 15) is 0 Å². The van der Waals surface area contributed by atoms with Crippen molar-refractivity contribution in [1.82, 2.24) is 9.97 Å². The minimum atomic E-state index is 0.620. The summed E-state index contributed by atoms with van der Waals surface area (Å²) in [6.07, 6.45) is 7.27. The van der Waals surface area contributed by atoms with Gasteiger partial charge in [0.2, 0.25) is 0 Å². The van der Waals surface area contributed by atoms with Crippen LogP contribution in [-0.4, -0.2) is 29.6 Å². The quantitative estimate of drug-likeness (QED) is 0.870. The molecule has 1 aromatic rings. The van der Waals surface area contributed by atoms with Crippen LogP contribution in [0.15, 0.2) is 12.4 Å². The number of anilines is 2. The predicted octanol–water partition coefficient (Wildman–Crippen LogP) is 2.53. The van der Waals surface area contributed by atoms with Gasteiger partial charge in [0.15, 0.2) is 0 Å². The fraction of sp³-hybridized carbons (Fsp3) is 0.714. The van der Waals surface area contributed by atoms with Gasteiger partial charge in [-0.2, -0.15) is 0 Å². The van der Waals surface area contributed by atoms with E-state index in [0.29, 0.717) is 6.04 Å². The molecule has 18 heavy (non-hydrogen) atoms. The zero-order chi connectivity index (χ0) is 12.5. The van der Waals surface area contributed by atoms with E-state index in [2.05, 4.69) is 33.2 Å². The molecule has 0 radical (unpaired) electrons. The molecule has 98 valence electrons. The van der Waals surface area contributed by atoms with E-state index in [1.54, 1.807) is 6.33 Å². The van der Waals surface area contributed by atoms with Crippen LogP contribution < -0.4 is 10.2 Å². The number of fused-ring (bicyclic) bond motifs is 1. The van der Waals surface area contributed by atoms with E-state index in [1.165, 1.54) is 32.2 Å². The fourth-order valence-electron chi connectivity index (χ4n) is 3.69. The summed E-state index contributed by atoms with van der Waals surface area (Å²) in [4.78, 5) is 11.1. The Kier molecular flexibility index (Phi) is 3.10. The largest absolute Gasteiger partial charge is 0.373 e. The molecule has 1 N–H and O–H groups in total. The average molecular weight is 246 g/mol. The summed E-state index contributed by atoms with van der Waals surface area (Å²) < 4.78 is 0. The second-order valence-electron chi connectivity index (χ2n) is 5.61. The molecule has 1 aliphatic heterocycles. The zero-order valence-corrected chi connectivity index (χ0v) is 11.3. The maximum atomic E-state index is 4.45. The molecule has 0 bridgehead atoms. The zero-order valence-electron chi connectivity index (χ0n) is 11.3. The first-order chi connectivity index (χ1) is 8.79. The maximum absolute atomic E-state index is 4.45. The van der Waals surface area contributed by atoms with Crippen molar-refractivity contribution in [3.05, 3.63) is 12.4 Å². The predicted molar refractivity (Wildman–Crippen MR) is 73.8 cm³/mol. The van der Waals surface area contributed by atoms with Crippen LogP contribution in [-0.2, 0) is 0 Å². The van der Waals surface area contributed by atoms with Gasteiger partial charge in [0.1, 0.15) is 18.0 Å². The van der Waals surface area contributed by atoms with Gasteiger partial charge >= 0.3 is 0 Å². The summed E-state index contributed by atoms with van der Waals surface area (Å²) in [5.41, 5.74) is 0. The molecule has 0 amide bonds. The van der Waals surface area contributed by atoms with Gasteiger partial charge in [-0.3, -0.25) is 0 Å². The second kappa shape index (κ2) is 4.75. The van der Waals surface area contributed by atoms with Crippen molar-refractivity contribution in [1.29, 1.82) is 0 Å². The SMILES string of the molecule is CNc1cc(N2CC3CCCCC3C2C)ncn1. The van der Waals surface area contributed by atoms with E-state index in [-0.39, 0.29) is 0 Å². The van der Waals surface area contributed by atoms with E-state index < -0.39 is 0 Å². The van der Waals surface area contributed by atoms with Crippen LogP contribution in [0.5, 0.6) is 0 Å². The summed E-state index contributed by atoms with van der Waals surface area (Å²) >= 11 is 0. The second-order valence-corrected chi connectivity index (χ2v) is 5.61. The smallest absolute Gasteiger partial charge is 0.134 e. The lowest BCUT2D eigenvalue weighted by Crippen LogP contribution is -2.30. The van der Waals surface area contributed by atoms with Gasteiger partial charge in [0, 0.05) is 25.7 Å². The molecular formula is C14H22N4. The van der Waals surface area contributed by atoms with Gasteiger partial charge in [0.05, 0.1) is 0 Å². The number of hydrogen-bond acceptors (Lipinski definition) is 4. The van der Waals surface area contributed by atoms with Crippen LogP contribution in [0.4, 0.5) is 11.6 Å². The summed E-state index contributed by atoms with van der Waals surface area (Å²) in [6, 6.07) is 2.68. The van der Waals surface area contributed by atoms with E-state index in [1.807, 2.05) is 7.05 Å². The molecule has 1 saturated heterocycles. The Bertz CT molecular complexity index is 420. The Labute approximate surface area is 109 Å². The van der Waals surface area contributed by atoms with Gasteiger partial charge in [-0.25, -0.2) is 9.97 Å². The topological polar surface area (TPSA) is 41.0 Å². The van der Waals surface area contributed by atoms with Crippen LogP contribution >= 0.6 is 0 Å². The molecule has 1 saturated carbocycles. The van der Waals surface area contributed by atoms with Crippen molar-refractivity contribution in [2.75, 3.05) is 23.8 Å². The number of hydrogen-bond donors (Lipinski definition) is 1. The van der Waals surface area contributed by atoms with Gasteiger partial charge in [-0.1, -0.05) is 12.8 Å². The molecule has 1 aromatic heterocycles. The Morgan fingerprint density at radius 3 is 2.89 bits per heavy atom. The van der Waals surface area contributed by atoms with Crippen LogP contribution in [0.2, 0.25) is 0 Å². The molecule has 3 atom stereocenters. The van der Waals surface area contributed by atoms with E-state index >= 15 is 0 Å². The highest BCUT2D eigenvalue weighted by Gasteiger charge is 2.40. The highest BCUT2D eigenvalue weighted by molar-refractivity contribution is 5.49. The highest BCUT2D eigenvalue weighted by Crippen LogP contribution is 2.41.